The lowest BCUT2D eigenvalue weighted by Crippen LogP contribution is -2.30. The highest BCUT2D eigenvalue weighted by Crippen LogP contribution is 2.21. The molecule has 0 unspecified atom stereocenters. The van der Waals surface area contributed by atoms with Gasteiger partial charge in [0.05, 0.1) is 29.6 Å². The zero-order chi connectivity index (χ0) is 20.0. The number of thiazole rings is 1. The van der Waals surface area contributed by atoms with E-state index in [1.54, 1.807) is 24.3 Å². The van der Waals surface area contributed by atoms with Crippen molar-refractivity contribution in [2.75, 3.05) is 5.75 Å². The molecule has 6 nitrogen and oxygen atoms in total. The van der Waals surface area contributed by atoms with Crippen molar-refractivity contribution in [3.05, 3.63) is 76.1 Å². The van der Waals surface area contributed by atoms with Crippen molar-refractivity contribution in [2.24, 2.45) is 0 Å². The molecule has 0 atom stereocenters. The van der Waals surface area contributed by atoms with Gasteiger partial charge in [-0.25, -0.2) is 13.4 Å². The van der Waals surface area contributed by atoms with Gasteiger partial charge in [0, 0.05) is 10.9 Å². The molecular weight excluding hydrogens is 394 g/mol. The van der Waals surface area contributed by atoms with E-state index < -0.39 is 21.5 Å². The molecule has 2 aromatic carbocycles. The molecule has 0 radical (unpaired) electrons. The molecule has 1 heterocycles. The van der Waals surface area contributed by atoms with Crippen molar-refractivity contribution in [3.63, 3.8) is 0 Å². The Morgan fingerprint density at radius 2 is 1.82 bits per heavy atom. The predicted octanol–water partition coefficient (Wildman–Crippen LogP) is 2.91. The summed E-state index contributed by atoms with van der Waals surface area (Å²) < 4.78 is 24.5. The molecule has 28 heavy (non-hydrogen) atoms. The second-order valence-corrected chi connectivity index (χ2v) is 9.12. The fourth-order valence-corrected chi connectivity index (χ4v) is 4.59. The first-order valence-corrected chi connectivity index (χ1v) is 11.1. The van der Waals surface area contributed by atoms with Crippen LogP contribution in [0, 0.1) is 11.3 Å². The number of hydrogen-bond donors (Lipinski definition) is 1. The summed E-state index contributed by atoms with van der Waals surface area (Å²) in [4.78, 5) is 16.5. The van der Waals surface area contributed by atoms with Crippen molar-refractivity contribution in [2.45, 2.75) is 12.3 Å². The Morgan fingerprint density at radius 1 is 1.11 bits per heavy atom. The van der Waals surface area contributed by atoms with E-state index >= 15 is 0 Å². The van der Waals surface area contributed by atoms with Crippen LogP contribution >= 0.6 is 11.3 Å². The van der Waals surface area contributed by atoms with Crippen molar-refractivity contribution in [3.8, 4) is 17.3 Å². The summed E-state index contributed by atoms with van der Waals surface area (Å²) in [5.41, 5.74) is 2.81. The van der Waals surface area contributed by atoms with Gasteiger partial charge in [-0.1, -0.05) is 42.5 Å². The van der Waals surface area contributed by atoms with E-state index in [0.717, 1.165) is 11.3 Å². The Morgan fingerprint density at radius 3 is 2.50 bits per heavy atom. The maximum absolute atomic E-state index is 12.2. The molecule has 0 fully saturated rings. The zero-order valence-corrected chi connectivity index (χ0v) is 16.5. The SMILES string of the molecule is N#Cc1ccc(CS(=O)(=O)CC(=O)NCc2nc(-c3ccccc3)cs2)cc1. The second kappa shape index (κ2) is 8.78. The molecule has 0 saturated heterocycles. The van der Waals surface area contributed by atoms with E-state index in [1.165, 1.54) is 11.3 Å². The first-order chi connectivity index (χ1) is 13.4. The Hall–Kier alpha value is -3.02. The lowest BCUT2D eigenvalue weighted by Gasteiger charge is -2.06. The monoisotopic (exact) mass is 411 g/mol. The van der Waals surface area contributed by atoms with Crippen LogP contribution in [-0.4, -0.2) is 25.1 Å². The van der Waals surface area contributed by atoms with Gasteiger partial charge in [0.1, 0.15) is 10.8 Å². The quantitative estimate of drug-likeness (QED) is 0.644. The van der Waals surface area contributed by atoms with Gasteiger partial charge in [-0.2, -0.15) is 5.26 Å². The summed E-state index contributed by atoms with van der Waals surface area (Å²) in [6, 6.07) is 17.9. The smallest absolute Gasteiger partial charge is 0.235 e. The number of nitrogens with one attached hydrogen (secondary N) is 1. The number of aromatic nitrogens is 1. The molecule has 0 aliphatic rings. The minimum Gasteiger partial charge on any atom is -0.349 e. The third-order valence-corrected chi connectivity index (χ3v) is 6.20. The van der Waals surface area contributed by atoms with Gasteiger partial charge >= 0.3 is 0 Å². The molecule has 142 valence electrons. The van der Waals surface area contributed by atoms with Crippen LogP contribution in [0.3, 0.4) is 0 Å². The summed E-state index contributed by atoms with van der Waals surface area (Å²) in [5, 5.41) is 14.0. The van der Waals surface area contributed by atoms with Gasteiger partial charge in [0.15, 0.2) is 9.84 Å². The van der Waals surface area contributed by atoms with Gasteiger partial charge in [-0.3, -0.25) is 4.79 Å². The summed E-state index contributed by atoms with van der Waals surface area (Å²) in [5.74, 6) is -1.41. The standard InChI is InChI=1S/C20H17N3O3S2/c21-10-15-6-8-16(9-7-15)13-28(25,26)14-19(24)22-11-20-23-18(12-27-20)17-4-2-1-3-5-17/h1-9,12H,11,13-14H2,(H,22,24). The van der Waals surface area contributed by atoms with Crippen LogP contribution in [-0.2, 0) is 26.9 Å². The highest BCUT2D eigenvalue weighted by Gasteiger charge is 2.18. The number of rotatable bonds is 7. The summed E-state index contributed by atoms with van der Waals surface area (Å²) in [7, 11) is -3.61. The molecule has 1 aromatic heterocycles. The maximum Gasteiger partial charge on any atom is 0.235 e. The summed E-state index contributed by atoms with van der Waals surface area (Å²) in [6.07, 6.45) is 0. The molecule has 3 aromatic rings. The second-order valence-electron chi connectivity index (χ2n) is 6.11. The Kier molecular flexibility index (Phi) is 6.19. The summed E-state index contributed by atoms with van der Waals surface area (Å²) in [6.45, 7) is 0.183. The van der Waals surface area contributed by atoms with E-state index in [1.807, 2.05) is 41.8 Å². The molecule has 1 amide bonds. The fraction of sp³-hybridized carbons (Fsp3) is 0.150. The normalized spacial score (nSPS) is 11.0. The third-order valence-electron chi connectivity index (χ3n) is 3.88. The maximum atomic E-state index is 12.2. The molecule has 1 N–H and O–H groups in total. The van der Waals surface area contributed by atoms with E-state index in [0.29, 0.717) is 16.1 Å². The molecule has 0 aliphatic carbocycles. The predicted molar refractivity (Wildman–Crippen MR) is 108 cm³/mol. The van der Waals surface area contributed by atoms with E-state index in [4.69, 9.17) is 5.26 Å². The number of carbonyl (C=O) groups is 1. The van der Waals surface area contributed by atoms with Gasteiger partial charge in [0.25, 0.3) is 0 Å². The number of amides is 1. The van der Waals surface area contributed by atoms with Gasteiger partial charge in [-0.05, 0) is 17.7 Å². The number of nitrogens with zero attached hydrogens (tertiary/aromatic N) is 2. The minimum absolute atomic E-state index is 0.183. The molecule has 8 heteroatoms. The largest absolute Gasteiger partial charge is 0.349 e. The van der Waals surface area contributed by atoms with Crippen LogP contribution in [0.4, 0.5) is 0 Å². The fourth-order valence-electron chi connectivity index (χ4n) is 2.54. The average Bonchev–Trinajstić information content (AvgIpc) is 3.16. The van der Waals surface area contributed by atoms with Crippen LogP contribution in [0.5, 0.6) is 0 Å². The number of sulfone groups is 1. The Bertz CT molecular complexity index is 1100. The molecular formula is C20H17N3O3S2. The Labute approximate surface area is 167 Å². The highest BCUT2D eigenvalue weighted by molar-refractivity contribution is 7.91. The van der Waals surface area contributed by atoms with Crippen LogP contribution in [0.25, 0.3) is 11.3 Å². The van der Waals surface area contributed by atoms with Gasteiger partial charge < -0.3 is 5.32 Å². The summed E-state index contributed by atoms with van der Waals surface area (Å²) >= 11 is 1.41. The van der Waals surface area contributed by atoms with Crippen LogP contribution < -0.4 is 5.32 Å². The van der Waals surface area contributed by atoms with Crippen LogP contribution in [0.15, 0.2) is 60.0 Å². The average molecular weight is 412 g/mol. The zero-order valence-electron chi connectivity index (χ0n) is 14.8. The number of carbonyl (C=O) groups excluding carboxylic acids is 1. The highest BCUT2D eigenvalue weighted by atomic mass is 32.2. The van der Waals surface area contributed by atoms with Crippen LogP contribution in [0.1, 0.15) is 16.1 Å². The molecule has 0 spiro atoms. The topological polar surface area (TPSA) is 99.9 Å². The van der Waals surface area contributed by atoms with Crippen molar-refractivity contribution < 1.29 is 13.2 Å². The van der Waals surface area contributed by atoms with Crippen molar-refractivity contribution >= 4 is 27.1 Å². The van der Waals surface area contributed by atoms with E-state index in [2.05, 4.69) is 10.3 Å². The number of benzene rings is 2. The Balaban J connectivity index is 1.53. The molecule has 0 bridgehead atoms. The molecule has 0 aliphatic heterocycles. The van der Waals surface area contributed by atoms with Gasteiger partial charge in [0.2, 0.25) is 5.91 Å². The van der Waals surface area contributed by atoms with Crippen molar-refractivity contribution in [1.29, 1.82) is 5.26 Å². The van der Waals surface area contributed by atoms with E-state index in [9.17, 15) is 13.2 Å². The van der Waals surface area contributed by atoms with Crippen LogP contribution in [0.2, 0.25) is 0 Å². The van der Waals surface area contributed by atoms with E-state index in [-0.39, 0.29) is 12.3 Å². The lowest BCUT2D eigenvalue weighted by atomic mass is 10.2. The van der Waals surface area contributed by atoms with Gasteiger partial charge in [-0.15, -0.1) is 11.3 Å². The molecule has 0 saturated carbocycles. The first-order valence-electron chi connectivity index (χ1n) is 8.41. The first kappa shape index (κ1) is 19.7. The lowest BCUT2D eigenvalue weighted by molar-refractivity contribution is -0.118. The number of nitriles is 1. The van der Waals surface area contributed by atoms with Crippen molar-refractivity contribution in [1.82, 2.24) is 10.3 Å². The molecule has 3 rings (SSSR count). The minimum atomic E-state index is -3.61. The number of hydrogen-bond acceptors (Lipinski definition) is 6. The third kappa shape index (κ3) is 5.49.